The normalized spacial score (nSPS) is 11.2. The summed E-state index contributed by atoms with van der Waals surface area (Å²) in [5, 5.41) is 0. The molecular formula is C15H12F3NO2S. The monoisotopic (exact) mass is 327 g/mol. The molecule has 0 spiro atoms. The largest absolute Gasteiger partial charge is 0.267 e. The average molecular weight is 327 g/mol. The van der Waals surface area contributed by atoms with Crippen LogP contribution in [-0.2, 0) is 10.0 Å². The summed E-state index contributed by atoms with van der Waals surface area (Å²) in [7, 11) is -4.41. The molecule has 0 bridgehead atoms. The zero-order chi connectivity index (χ0) is 16.3. The van der Waals surface area contributed by atoms with Crippen molar-refractivity contribution < 1.29 is 21.6 Å². The Bertz CT molecular complexity index is 792. The van der Waals surface area contributed by atoms with Crippen molar-refractivity contribution in [1.29, 1.82) is 0 Å². The molecule has 0 aliphatic carbocycles. The van der Waals surface area contributed by atoms with Crippen LogP contribution >= 0.6 is 0 Å². The van der Waals surface area contributed by atoms with Gasteiger partial charge < -0.3 is 0 Å². The molecule has 0 aromatic heterocycles. The van der Waals surface area contributed by atoms with Gasteiger partial charge in [0.25, 0.3) is 10.0 Å². The molecule has 0 heterocycles. The number of benzene rings is 2. The van der Waals surface area contributed by atoms with Crippen molar-refractivity contribution >= 4 is 15.7 Å². The van der Waals surface area contributed by atoms with Gasteiger partial charge in [-0.05, 0) is 24.3 Å². The number of hydrogen-bond acceptors (Lipinski definition) is 2. The molecule has 2 aromatic carbocycles. The second kappa shape index (κ2) is 6.23. The zero-order valence-corrected chi connectivity index (χ0v) is 12.2. The molecule has 2 aromatic rings. The van der Waals surface area contributed by atoms with Gasteiger partial charge in [0, 0.05) is 0 Å². The van der Waals surface area contributed by atoms with Gasteiger partial charge in [-0.1, -0.05) is 24.3 Å². The third kappa shape index (κ3) is 2.85. The van der Waals surface area contributed by atoms with Crippen LogP contribution in [0.3, 0.4) is 0 Å². The SMILES string of the molecule is C=CCN(c1ccccc1)S(=O)(=O)c1ccc(F)c(F)c1F. The van der Waals surface area contributed by atoms with Gasteiger partial charge >= 0.3 is 0 Å². The molecule has 0 saturated heterocycles. The van der Waals surface area contributed by atoms with Gasteiger partial charge in [-0.2, -0.15) is 0 Å². The van der Waals surface area contributed by atoms with Gasteiger partial charge in [0.15, 0.2) is 17.5 Å². The molecule has 0 fully saturated rings. The van der Waals surface area contributed by atoms with Crippen LogP contribution in [0.5, 0.6) is 0 Å². The van der Waals surface area contributed by atoms with Gasteiger partial charge in [-0.25, -0.2) is 21.6 Å². The van der Waals surface area contributed by atoms with Crippen molar-refractivity contribution in [2.75, 3.05) is 10.8 Å². The summed E-state index contributed by atoms with van der Waals surface area (Å²) in [4.78, 5) is -0.933. The van der Waals surface area contributed by atoms with Crippen molar-refractivity contribution in [3.05, 3.63) is 72.6 Å². The highest BCUT2D eigenvalue weighted by molar-refractivity contribution is 7.92. The summed E-state index contributed by atoms with van der Waals surface area (Å²) in [6.45, 7) is 3.31. The van der Waals surface area contributed by atoms with Crippen LogP contribution in [0.4, 0.5) is 18.9 Å². The fourth-order valence-electron chi connectivity index (χ4n) is 1.88. The molecule has 116 valence electrons. The third-order valence-electron chi connectivity index (χ3n) is 2.91. The molecule has 0 aliphatic rings. The van der Waals surface area contributed by atoms with Crippen molar-refractivity contribution in [2.24, 2.45) is 0 Å². The summed E-state index contributed by atoms with van der Waals surface area (Å²) in [5.41, 5.74) is 0.256. The maximum atomic E-state index is 13.8. The number of hydrogen-bond donors (Lipinski definition) is 0. The Morgan fingerprint density at radius 2 is 1.64 bits per heavy atom. The number of para-hydroxylation sites is 1. The highest BCUT2D eigenvalue weighted by atomic mass is 32.2. The molecule has 0 N–H and O–H groups in total. The maximum absolute atomic E-state index is 13.8. The van der Waals surface area contributed by atoms with E-state index in [9.17, 15) is 21.6 Å². The Morgan fingerprint density at radius 3 is 2.23 bits per heavy atom. The van der Waals surface area contributed by atoms with E-state index in [4.69, 9.17) is 0 Å². The van der Waals surface area contributed by atoms with E-state index in [1.807, 2.05) is 0 Å². The Morgan fingerprint density at radius 1 is 1.00 bits per heavy atom. The highest BCUT2D eigenvalue weighted by Gasteiger charge is 2.29. The first-order chi connectivity index (χ1) is 10.4. The number of halogens is 3. The molecule has 3 nitrogen and oxygen atoms in total. The summed E-state index contributed by atoms with van der Waals surface area (Å²) in [6.07, 6.45) is 1.31. The first kappa shape index (κ1) is 16.1. The lowest BCUT2D eigenvalue weighted by molar-refractivity contribution is 0.432. The molecule has 0 amide bonds. The van der Waals surface area contributed by atoms with Crippen LogP contribution in [0.25, 0.3) is 0 Å². The van der Waals surface area contributed by atoms with E-state index in [0.717, 1.165) is 4.31 Å². The first-order valence-electron chi connectivity index (χ1n) is 6.21. The van der Waals surface area contributed by atoms with Gasteiger partial charge in [0.1, 0.15) is 4.90 Å². The molecule has 0 saturated carbocycles. The maximum Gasteiger partial charge on any atom is 0.267 e. The lowest BCUT2D eigenvalue weighted by Crippen LogP contribution is -2.32. The van der Waals surface area contributed by atoms with Gasteiger partial charge in [0.05, 0.1) is 12.2 Å². The fourth-order valence-corrected chi connectivity index (χ4v) is 3.37. The molecule has 0 unspecified atom stereocenters. The van der Waals surface area contributed by atoms with Gasteiger partial charge in [0.2, 0.25) is 0 Å². The zero-order valence-electron chi connectivity index (χ0n) is 11.3. The fraction of sp³-hybridized carbons (Fsp3) is 0.0667. The third-order valence-corrected chi connectivity index (χ3v) is 4.72. The average Bonchev–Trinajstić information content (AvgIpc) is 2.50. The summed E-state index contributed by atoms with van der Waals surface area (Å²) < 4.78 is 66.1. The van der Waals surface area contributed by atoms with E-state index in [-0.39, 0.29) is 12.2 Å². The Kier molecular flexibility index (Phi) is 4.56. The lowest BCUT2D eigenvalue weighted by atomic mass is 10.3. The minimum Gasteiger partial charge on any atom is -0.262 e. The second-order valence-corrected chi connectivity index (χ2v) is 6.16. The van der Waals surface area contributed by atoms with Crippen LogP contribution in [0.2, 0.25) is 0 Å². The van der Waals surface area contributed by atoms with Crippen LogP contribution < -0.4 is 4.31 Å². The van der Waals surface area contributed by atoms with E-state index in [1.165, 1.54) is 18.2 Å². The lowest BCUT2D eigenvalue weighted by Gasteiger charge is -2.23. The molecule has 7 heteroatoms. The number of rotatable bonds is 5. The topological polar surface area (TPSA) is 37.4 Å². The van der Waals surface area contributed by atoms with E-state index < -0.39 is 32.4 Å². The smallest absolute Gasteiger partial charge is 0.262 e. The van der Waals surface area contributed by atoms with Crippen molar-refractivity contribution in [2.45, 2.75) is 4.90 Å². The summed E-state index contributed by atoms with van der Waals surface area (Å²) in [5.74, 6) is -5.02. The second-order valence-electron chi connectivity index (χ2n) is 4.33. The van der Waals surface area contributed by atoms with Crippen molar-refractivity contribution in [1.82, 2.24) is 0 Å². The highest BCUT2D eigenvalue weighted by Crippen LogP contribution is 2.27. The summed E-state index contributed by atoms with van der Waals surface area (Å²) in [6, 6.07) is 9.15. The molecule has 2 rings (SSSR count). The van der Waals surface area contributed by atoms with E-state index in [2.05, 4.69) is 6.58 Å². The molecule has 0 aliphatic heterocycles. The van der Waals surface area contributed by atoms with E-state index in [0.29, 0.717) is 12.1 Å². The van der Waals surface area contributed by atoms with Crippen molar-refractivity contribution in [3.8, 4) is 0 Å². The number of anilines is 1. The van der Waals surface area contributed by atoms with Gasteiger partial charge in [-0.15, -0.1) is 6.58 Å². The predicted molar refractivity (Wildman–Crippen MR) is 77.5 cm³/mol. The standard InChI is InChI=1S/C15H12F3NO2S/c1-2-10-19(11-6-4-3-5-7-11)22(20,21)13-9-8-12(16)14(17)15(13)18/h2-9H,1,10H2. The van der Waals surface area contributed by atoms with E-state index in [1.54, 1.807) is 18.2 Å². The number of nitrogens with zero attached hydrogens (tertiary/aromatic N) is 1. The van der Waals surface area contributed by atoms with Crippen LogP contribution in [-0.4, -0.2) is 15.0 Å². The minimum absolute atomic E-state index is 0.148. The first-order valence-corrected chi connectivity index (χ1v) is 7.65. The molecular weight excluding hydrogens is 315 g/mol. The molecule has 0 atom stereocenters. The Labute approximate surface area is 126 Å². The van der Waals surface area contributed by atoms with Crippen LogP contribution in [0.15, 0.2) is 60.0 Å². The molecule has 22 heavy (non-hydrogen) atoms. The minimum atomic E-state index is -4.41. The van der Waals surface area contributed by atoms with Gasteiger partial charge in [-0.3, -0.25) is 4.31 Å². The molecule has 0 radical (unpaired) electrons. The number of sulfonamides is 1. The Balaban J connectivity index is 2.61. The van der Waals surface area contributed by atoms with Crippen molar-refractivity contribution in [3.63, 3.8) is 0 Å². The summed E-state index contributed by atoms with van der Waals surface area (Å²) >= 11 is 0. The van der Waals surface area contributed by atoms with Crippen LogP contribution in [0, 0.1) is 17.5 Å². The Hall–Kier alpha value is -2.28. The quantitative estimate of drug-likeness (QED) is 0.623. The predicted octanol–water partition coefficient (Wildman–Crippen LogP) is 3.49. The van der Waals surface area contributed by atoms with Crippen LogP contribution in [0.1, 0.15) is 0 Å². The van der Waals surface area contributed by atoms with E-state index >= 15 is 0 Å².